The number of hydrogen-bond donors (Lipinski definition) is 0. The SMILES string of the molecule is C=C1c2c(nc(-c3nc(-c4ccc(C#N)cc4)ccc3C)n2C)C=C(C(F)(F)F)N1CC. The third kappa shape index (κ3) is 3.46. The molecule has 3 aromatic rings. The maximum Gasteiger partial charge on any atom is 0.431 e. The van der Waals surface area contributed by atoms with Gasteiger partial charge in [0.15, 0.2) is 5.82 Å². The van der Waals surface area contributed by atoms with E-state index in [1.54, 1.807) is 30.7 Å². The Bertz CT molecular complexity index is 1290. The number of fused-ring (bicyclic) bond motifs is 1. The molecule has 0 saturated carbocycles. The van der Waals surface area contributed by atoms with Gasteiger partial charge in [-0.2, -0.15) is 18.4 Å². The van der Waals surface area contributed by atoms with Gasteiger partial charge in [0.05, 0.1) is 34.4 Å². The lowest BCUT2D eigenvalue weighted by Crippen LogP contribution is -2.33. The number of aromatic nitrogens is 3. The number of allylic oxidation sites excluding steroid dienone is 1. The molecule has 1 aromatic carbocycles. The van der Waals surface area contributed by atoms with Crippen LogP contribution in [0.15, 0.2) is 48.7 Å². The molecule has 0 radical (unpaired) electrons. The van der Waals surface area contributed by atoms with Gasteiger partial charge >= 0.3 is 6.18 Å². The van der Waals surface area contributed by atoms with Crippen molar-refractivity contribution < 1.29 is 13.2 Å². The highest BCUT2D eigenvalue weighted by Crippen LogP contribution is 2.41. The molecule has 3 heterocycles. The smallest absolute Gasteiger partial charge is 0.336 e. The van der Waals surface area contributed by atoms with Crippen LogP contribution in [0.1, 0.15) is 29.4 Å². The number of halogens is 3. The quantitative estimate of drug-likeness (QED) is 0.542. The van der Waals surface area contributed by atoms with E-state index in [9.17, 15) is 13.2 Å². The molecule has 32 heavy (non-hydrogen) atoms. The molecule has 0 atom stereocenters. The van der Waals surface area contributed by atoms with Crippen LogP contribution < -0.4 is 0 Å². The van der Waals surface area contributed by atoms with Crippen LogP contribution in [0.4, 0.5) is 13.2 Å². The van der Waals surface area contributed by atoms with Crippen molar-refractivity contribution in [2.24, 2.45) is 7.05 Å². The number of aryl methyl sites for hydroxylation is 1. The van der Waals surface area contributed by atoms with Crippen LogP contribution in [0.3, 0.4) is 0 Å². The fraction of sp³-hybridized carbons (Fsp3) is 0.208. The summed E-state index contributed by atoms with van der Waals surface area (Å²) in [5, 5.41) is 9.00. The van der Waals surface area contributed by atoms with Crippen LogP contribution in [0.2, 0.25) is 0 Å². The second-order valence-corrected chi connectivity index (χ2v) is 7.50. The molecule has 0 bridgehead atoms. The van der Waals surface area contributed by atoms with E-state index in [0.717, 1.165) is 22.1 Å². The summed E-state index contributed by atoms with van der Waals surface area (Å²) >= 11 is 0. The van der Waals surface area contributed by atoms with Crippen molar-refractivity contribution in [2.75, 3.05) is 6.54 Å². The van der Waals surface area contributed by atoms with E-state index >= 15 is 0 Å². The summed E-state index contributed by atoms with van der Waals surface area (Å²) in [4.78, 5) is 10.4. The summed E-state index contributed by atoms with van der Waals surface area (Å²) in [6, 6.07) is 12.9. The molecule has 0 aliphatic carbocycles. The predicted octanol–water partition coefficient (Wildman–Crippen LogP) is 5.54. The Morgan fingerprint density at radius 3 is 2.38 bits per heavy atom. The molecular weight excluding hydrogens is 415 g/mol. The van der Waals surface area contributed by atoms with Gasteiger partial charge in [0, 0.05) is 19.2 Å². The van der Waals surface area contributed by atoms with Gasteiger partial charge in [-0.15, -0.1) is 0 Å². The van der Waals surface area contributed by atoms with Crippen molar-refractivity contribution in [3.8, 4) is 28.8 Å². The highest BCUT2D eigenvalue weighted by atomic mass is 19.4. The van der Waals surface area contributed by atoms with E-state index in [-0.39, 0.29) is 17.9 Å². The first-order valence-corrected chi connectivity index (χ1v) is 9.96. The molecule has 1 aliphatic heterocycles. The van der Waals surface area contributed by atoms with Crippen LogP contribution in [0, 0.1) is 18.3 Å². The van der Waals surface area contributed by atoms with Crippen molar-refractivity contribution in [1.29, 1.82) is 5.26 Å². The minimum Gasteiger partial charge on any atom is -0.336 e. The van der Waals surface area contributed by atoms with Gasteiger partial charge in [0.1, 0.15) is 11.4 Å². The number of rotatable bonds is 3. The molecular formula is C24H20F3N5. The number of pyridine rings is 1. The van der Waals surface area contributed by atoms with Crippen molar-refractivity contribution >= 4 is 11.8 Å². The monoisotopic (exact) mass is 435 g/mol. The van der Waals surface area contributed by atoms with E-state index < -0.39 is 11.9 Å². The zero-order valence-corrected chi connectivity index (χ0v) is 17.8. The maximum atomic E-state index is 13.6. The molecule has 4 rings (SSSR count). The average molecular weight is 435 g/mol. The second kappa shape index (κ2) is 7.68. The number of imidazole rings is 1. The standard InChI is InChI=1S/C24H20F3N5/c1-5-32-15(3)22-19(12-20(32)24(25,26)27)30-23(31(22)4)21-14(2)6-11-18(29-21)17-9-7-16(13-28)8-10-17/h6-12H,3,5H2,1-2,4H3. The molecule has 2 aromatic heterocycles. The van der Waals surface area contributed by atoms with E-state index in [1.807, 2.05) is 31.2 Å². The van der Waals surface area contributed by atoms with E-state index in [0.29, 0.717) is 28.5 Å². The molecule has 0 fully saturated rings. The Labute approximate surface area is 183 Å². The van der Waals surface area contributed by atoms with Crippen LogP contribution >= 0.6 is 0 Å². The van der Waals surface area contributed by atoms with E-state index in [2.05, 4.69) is 17.6 Å². The normalized spacial score (nSPS) is 13.6. The third-order valence-corrected chi connectivity index (χ3v) is 5.51. The summed E-state index contributed by atoms with van der Waals surface area (Å²) in [7, 11) is 1.75. The predicted molar refractivity (Wildman–Crippen MR) is 117 cm³/mol. The minimum atomic E-state index is -4.52. The van der Waals surface area contributed by atoms with Crippen LogP contribution in [0.5, 0.6) is 0 Å². The van der Waals surface area contributed by atoms with Gasteiger partial charge in [-0.25, -0.2) is 9.97 Å². The minimum absolute atomic E-state index is 0.135. The van der Waals surface area contributed by atoms with E-state index in [1.165, 1.54) is 0 Å². The Hall–Kier alpha value is -3.86. The van der Waals surface area contributed by atoms with Gasteiger partial charge in [-0.3, -0.25) is 0 Å². The largest absolute Gasteiger partial charge is 0.431 e. The lowest BCUT2D eigenvalue weighted by atomic mass is 10.1. The van der Waals surface area contributed by atoms with E-state index in [4.69, 9.17) is 10.2 Å². The fourth-order valence-electron chi connectivity index (χ4n) is 3.88. The Morgan fingerprint density at radius 1 is 1.09 bits per heavy atom. The zero-order chi connectivity index (χ0) is 23.2. The number of nitriles is 1. The van der Waals surface area contributed by atoms with Crippen molar-refractivity contribution in [3.63, 3.8) is 0 Å². The summed E-state index contributed by atoms with van der Waals surface area (Å²) in [5.41, 5.74) is 3.67. The average Bonchev–Trinajstić information content (AvgIpc) is 3.10. The summed E-state index contributed by atoms with van der Waals surface area (Å²) < 4.78 is 42.6. The van der Waals surface area contributed by atoms with Crippen molar-refractivity contribution in [2.45, 2.75) is 20.0 Å². The van der Waals surface area contributed by atoms with Crippen LogP contribution in [0.25, 0.3) is 34.5 Å². The summed E-state index contributed by atoms with van der Waals surface area (Å²) in [6.07, 6.45) is -3.45. The van der Waals surface area contributed by atoms with Gasteiger partial charge in [0.25, 0.3) is 0 Å². The summed E-state index contributed by atoms with van der Waals surface area (Å²) in [6.45, 7) is 7.59. The van der Waals surface area contributed by atoms with Crippen molar-refractivity contribution in [1.82, 2.24) is 19.4 Å². The van der Waals surface area contributed by atoms with Crippen LogP contribution in [-0.2, 0) is 7.05 Å². The molecule has 1 aliphatic rings. The number of alkyl halides is 3. The molecule has 0 N–H and O–H groups in total. The lowest BCUT2D eigenvalue weighted by molar-refractivity contribution is -0.105. The highest BCUT2D eigenvalue weighted by molar-refractivity contribution is 5.78. The zero-order valence-electron chi connectivity index (χ0n) is 17.8. The van der Waals surface area contributed by atoms with Gasteiger partial charge < -0.3 is 9.47 Å². The van der Waals surface area contributed by atoms with Gasteiger partial charge in [0.2, 0.25) is 0 Å². The fourth-order valence-corrected chi connectivity index (χ4v) is 3.88. The first-order valence-electron chi connectivity index (χ1n) is 9.96. The first kappa shape index (κ1) is 21.4. The maximum absolute atomic E-state index is 13.6. The molecule has 8 heteroatoms. The first-order chi connectivity index (χ1) is 15.2. The third-order valence-electron chi connectivity index (χ3n) is 5.51. The molecule has 162 valence electrons. The highest BCUT2D eigenvalue weighted by Gasteiger charge is 2.42. The molecule has 0 spiro atoms. The molecule has 0 saturated heterocycles. The molecule has 5 nitrogen and oxygen atoms in total. The van der Waals surface area contributed by atoms with Gasteiger partial charge in [-0.1, -0.05) is 24.8 Å². The number of nitrogens with zero attached hydrogens (tertiary/aromatic N) is 5. The van der Waals surface area contributed by atoms with Gasteiger partial charge in [-0.05, 0) is 43.7 Å². The topological polar surface area (TPSA) is 57.7 Å². The number of hydrogen-bond acceptors (Lipinski definition) is 4. The van der Waals surface area contributed by atoms with Crippen LogP contribution in [-0.4, -0.2) is 32.2 Å². The number of benzene rings is 1. The molecule has 0 unspecified atom stereocenters. The Kier molecular flexibility index (Phi) is 5.13. The second-order valence-electron chi connectivity index (χ2n) is 7.50. The Morgan fingerprint density at radius 2 is 1.78 bits per heavy atom. The summed E-state index contributed by atoms with van der Waals surface area (Å²) in [5.74, 6) is 0.458. The lowest BCUT2D eigenvalue weighted by Gasteiger charge is -2.32. The van der Waals surface area contributed by atoms with Crippen molar-refractivity contribution in [3.05, 3.63) is 71.2 Å². The molecule has 0 amide bonds. The Balaban J connectivity index is 1.86.